The van der Waals surface area contributed by atoms with Crippen molar-refractivity contribution < 1.29 is 17.6 Å². The second-order valence-corrected chi connectivity index (χ2v) is 3.08. The summed E-state index contributed by atoms with van der Waals surface area (Å²) in [6, 6.07) is 0. The third-order valence-corrected chi connectivity index (χ3v) is 2.09. The van der Waals surface area contributed by atoms with Crippen molar-refractivity contribution in [2.75, 3.05) is 6.54 Å². The zero-order valence-electron chi connectivity index (χ0n) is 5.79. The largest absolute Gasteiger partial charge is 0.330 e. The number of alkyl halides is 4. The fourth-order valence-corrected chi connectivity index (χ4v) is 1.37. The van der Waals surface area contributed by atoms with E-state index in [1.807, 2.05) is 0 Å². The number of halogens is 4. The minimum atomic E-state index is -2.92. The van der Waals surface area contributed by atoms with Crippen LogP contribution in [0.25, 0.3) is 0 Å². The van der Waals surface area contributed by atoms with Crippen molar-refractivity contribution in [2.24, 2.45) is 11.1 Å². The zero-order chi connectivity index (χ0) is 8.70. The van der Waals surface area contributed by atoms with Crippen molar-refractivity contribution in [3.8, 4) is 0 Å². The van der Waals surface area contributed by atoms with Gasteiger partial charge in [-0.2, -0.15) is 0 Å². The van der Waals surface area contributed by atoms with E-state index in [1.165, 1.54) is 0 Å². The van der Waals surface area contributed by atoms with E-state index < -0.39 is 30.6 Å². The van der Waals surface area contributed by atoms with Crippen LogP contribution in [-0.2, 0) is 0 Å². The van der Waals surface area contributed by atoms with Crippen molar-refractivity contribution >= 4 is 0 Å². The van der Waals surface area contributed by atoms with Crippen LogP contribution in [0.1, 0.15) is 12.8 Å². The maximum atomic E-state index is 12.2. The summed E-state index contributed by atoms with van der Waals surface area (Å²) in [7, 11) is 0. The molecule has 11 heavy (non-hydrogen) atoms. The van der Waals surface area contributed by atoms with Gasteiger partial charge in [-0.25, -0.2) is 17.6 Å². The van der Waals surface area contributed by atoms with Gasteiger partial charge in [-0.15, -0.1) is 0 Å². The van der Waals surface area contributed by atoms with E-state index in [4.69, 9.17) is 5.73 Å². The van der Waals surface area contributed by atoms with E-state index in [9.17, 15) is 17.6 Å². The maximum absolute atomic E-state index is 12.2. The summed E-state index contributed by atoms with van der Waals surface area (Å²) in [5.74, 6) is -2.92. The van der Waals surface area contributed by atoms with Crippen molar-refractivity contribution in [3.05, 3.63) is 0 Å². The van der Waals surface area contributed by atoms with E-state index in [0.29, 0.717) is 0 Å². The van der Waals surface area contributed by atoms with Crippen LogP contribution in [0.5, 0.6) is 0 Å². The molecule has 66 valence electrons. The van der Waals surface area contributed by atoms with Crippen LogP contribution >= 0.6 is 0 Å². The topological polar surface area (TPSA) is 26.0 Å². The molecule has 0 atom stereocenters. The molecular weight excluding hydrogens is 162 g/mol. The van der Waals surface area contributed by atoms with Crippen LogP contribution in [0.15, 0.2) is 0 Å². The Balaban J connectivity index is 2.57. The van der Waals surface area contributed by atoms with E-state index in [-0.39, 0.29) is 6.54 Å². The molecule has 0 aromatic rings. The van der Waals surface area contributed by atoms with Crippen molar-refractivity contribution in [1.82, 2.24) is 0 Å². The normalized spacial score (nSPS) is 26.7. The van der Waals surface area contributed by atoms with E-state index in [1.54, 1.807) is 0 Å². The monoisotopic (exact) mass is 171 g/mol. The maximum Gasteiger partial charge on any atom is 0.249 e. The minimum Gasteiger partial charge on any atom is -0.330 e. The van der Waals surface area contributed by atoms with E-state index >= 15 is 0 Å². The first-order chi connectivity index (χ1) is 4.92. The van der Waals surface area contributed by atoms with Crippen LogP contribution in [0.2, 0.25) is 0 Å². The first-order valence-corrected chi connectivity index (χ1v) is 3.28. The Morgan fingerprint density at radius 2 is 1.73 bits per heavy atom. The Morgan fingerprint density at radius 1 is 1.27 bits per heavy atom. The van der Waals surface area contributed by atoms with Crippen LogP contribution in [-0.4, -0.2) is 18.9 Å². The standard InChI is InChI=1S/C6H9F4N/c7-4(8)5(3-11)1-6(9,10)2-5/h4H,1-3,11H2. The fourth-order valence-electron chi connectivity index (χ4n) is 1.37. The minimum absolute atomic E-state index is 0.361. The molecular formula is C6H9F4N. The van der Waals surface area contributed by atoms with Gasteiger partial charge in [0.15, 0.2) is 0 Å². The molecule has 0 aromatic heterocycles. The molecule has 0 radical (unpaired) electrons. The summed E-state index contributed by atoms with van der Waals surface area (Å²) >= 11 is 0. The molecule has 0 aliphatic heterocycles. The molecule has 1 fully saturated rings. The average Bonchev–Trinajstić information content (AvgIpc) is 1.81. The van der Waals surface area contributed by atoms with E-state index in [2.05, 4.69) is 0 Å². The van der Waals surface area contributed by atoms with Gasteiger partial charge in [0.05, 0.1) is 5.41 Å². The second-order valence-electron chi connectivity index (χ2n) is 3.08. The highest BCUT2D eigenvalue weighted by Crippen LogP contribution is 2.54. The lowest BCUT2D eigenvalue weighted by atomic mass is 9.66. The fraction of sp³-hybridized carbons (Fsp3) is 1.00. The van der Waals surface area contributed by atoms with Crippen LogP contribution in [0, 0.1) is 5.41 Å². The Labute approximate surface area is 61.6 Å². The van der Waals surface area contributed by atoms with Crippen molar-refractivity contribution in [2.45, 2.75) is 25.2 Å². The Morgan fingerprint density at radius 3 is 1.82 bits per heavy atom. The van der Waals surface area contributed by atoms with Crippen LogP contribution in [0.4, 0.5) is 17.6 Å². The molecule has 1 rings (SSSR count). The highest BCUT2D eigenvalue weighted by Gasteiger charge is 2.60. The number of nitrogens with two attached hydrogens (primary N) is 1. The summed E-state index contributed by atoms with van der Waals surface area (Å²) in [5, 5.41) is 0. The molecule has 5 heteroatoms. The van der Waals surface area contributed by atoms with Crippen LogP contribution in [0.3, 0.4) is 0 Å². The summed E-state index contributed by atoms with van der Waals surface area (Å²) in [4.78, 5) is 0. The zero-order valence-corrected chi connectivity index (χ0v) is 5.79. The van der Waals surface area contributed by atoms with Crippen molar-refractivity contribution in [1.29, 1.82) is 0 Å². The highest BCUT2D eigenvalue weighted by molar-refractivity contribution is 5.01. The highest BCUT2D eigenvalue weighted by atomic mass is 19.3. The predicted molar refractivity (Wildman–Crippen MR) is 31.7 cm³/mol. The molecule has 1 aliphatic rings. The first kappa shape index (κ1) is 8.77. The van der Waals surface area contributed by atoms with Gasteiger partial charge in [0.25, 0.3) is 0 Å². The molecule has 0 aromatic carbocycles. The first-order valence-electron chi connectivity index (χ1n) is 3.28. The lowest BCUT2D eigenvalue weighted by Crippen LogP contribution is -2.54. The van der Waals surface area contributed by atoms with Gasteiger partial charge in [0.1, 0.15) is 0 Å². The van der Waals surface area contributed by atoms with Crippen molar-refractivity contribution in [3.63, 3.8) is 0 Å². The lowest BCUT2D eigenvalue weighted by molar-refractivity contribution is -0.205. The van der Waals surface area contributed by atoms with Gasteiger partial charge in [-0.1, -0.05) is 0 Å². The SMILES string of the molecule is NCC1(C(F)F)CC(F)(F)C1. The summed E-state index contributed by atoms with van der Waals surface area (Å²) in [5.41, 5.74) is 3.37. The van der Waals surface area contributed by atoms with Gasteiger partial charge < -0.3 is 5.73 Å². The van der Waals surface area contributed by atoms with Gasteiger partial charge in [-0.05, 0) is 0 Å². The van der Waals surface area contributed by atoms with Gasteiger partial charge in [0.2, 0.25) is 12.3 Å². The molecule has 0 spiro atoms. The number of hydrogen-bond donors (Lipinski definition) is 1. The van der Waals surface area contributed by atoms with E-state index in [0.717, 1.165) is 0 Å². The third kappa shape index (κ3) is 1.34. The van der Waals surface area contributed by atoms with Crippen LogP contribution < -0.4 is 5.73 Å². The molecule has 0 amide bonds. The smallest absolute Gasteiger partial charge is 0.249 e. The molecule has 0 saturated heterocycles. The summed E-state index contributed by atoms with van der Waals surface area (Å²) in [6.45, 7) is -0.361. The molecule has 0 heterocycles. The molecule has 2 N–H and O–H groups in total. The second kappa shape index (κ2) is 2.33. The Kier molecular flexibility index (Phi) is 1.86. The third-order valence-electron chi connectivity index (χ3n) is 2.09. The molecule has 1 saturated carbocycles. The van der Waals surface area contributed by atoms with Gasteiger partial charge >= 0.3 is 0 Å². The summed E-state index contributed by atoms with van der Waals surface area (Å²) in [6.07, 6.45) is -4.27. The Hall–Kier alpha value is -0.320. The molecule has 1 nitrogen and oxygen atoms in total. The summed E-state index contributed by atoms with van der Waals surface area (Å²) < 4.78 is 48.5. The average molecular weight is 171 g/mol. The predicted octanol–water partition coefficient (Wildman–Crippen LogP) is 1.63. The molecule has 0 bridgehead atoms. The lowest BCUT2D eigenvalue weighted by Gasteiger charge is -2.45. The quantitative estimate of drug-likeness (QED) is 0.628. The Bertz CT molecular complexity index is 149. The van der Waals surface area contributed by atoms with Gasteiger partial charge in [0, 0.05) is 19.4 Å². The number of rotatable bonds is 2. The number of hydrogen-bond acceptors (Lipinski definition) is 1. The molecule has 1 aliphatic carbocycles. The van der Waals surface area contributed by atoms with Gasteiger partial charge in [-0.3, -0.25) is 0 Å². The molecule has 0 unspecified atom stereocenters.